The minimum Gasteiger partial charge on any atom is -0.490 e. The maximum absolute atomic E-state index is 13.0. The number of hydrogen-bond donors (Lipinski definition) is 0. The van der Waals surface area contributed by atoms with Gasteiger partial charge in [-0.05, 0) is 54.3 Å². The van der Waals surface area contributed by atoms with E-state index in [1.807, 2.05) is 47.4 Å². The van der Waals surface area contributed by atoms with Crippen LogP contribution >= 0.6 is 0 Å². The van der Waals surface area contributed by atoms with Crippen LogP contribution in [-0.4, -0.2) is 43.8 Å². The molecule has 156 valence electrons. The maximum Gasteiger partial charge on any atom is 0.247 e. The van der Waals surface area contributed by atoms with Crippen molar-refractivity contribution in [3.63, 3.8) is 0 Å². The fourth-order valence-corrected chi connectivity index (χ4v) is 4.19. The molecule has 0 saturated carbocycles. The molecule has 1 atom stereocenters. The SMILES string of the molecule is O=C(C=Cc1ccc2c(c1)OCCO2)N1CCCC1c1ccc2c(c1)OCCCO2. The number of amides is 1. The molecule has 6 heteroatoms. The molecule has 0 spiro atoms. The van der Waals surface area contributed by atoms with E-state index < -0.39 is 0 Å². The highest BCUT2D eigenvalue weighted by Gasteiger charge is 2.29. The van der Waals surface area contributed by atoms with Gasteiger partial charge in [-0.15, -0.1) is 0 Å². The lowest BCUT2D eigenvalue weighted by Gasteiger charge is -2.24. The average molecular weight is 407 g/mol. The van der Waals surface area contributed by atoms with Gasteiger partial charge >= 0.3 is 0 Å². The van der Waals surface area contributed by atoms with E-state index in [-0.39, 0.29) is 11.9 Å². The molecule has 2 aromatic carbocycles. The smallest absolute Gasteiger partial charge is 0.247 e. The molecule has 30 heavy (non-hydrogen) atoms. The molecule has 0 bridgehead atoms. The fourth-order valence-electron chi connectivity index (χ4n) is 4.19. The number of likely N-dealkylation sites (tertiary alicyclic amines) is 1. The van der Waals surface area contributed by atoms with Crippen molar-refractivity contribution in [2.45, 2.75) is 25.3 Å². The lowest BCUT2D eigenvalue weighted by Crippen LogP contribution is -2.28. The lowest BCUT2D eigenvalue weighted by molar-refractivity contribution is -0.126. The molecule has 0 N–H and O–H groups in total. The third-order valence-corrected chi connectivity index (χ3v) is 5.68. The molecule has 0 radical (unpaired) electrons. The van der Waals surface area contributed by atoms with Crippen molar-refractivity contribution in [2.75, 3.05) is 33.0 Å². The molecule has 0 aliphatic carbocycles. The van der Waals surface area contributed by atoms with Crippen molar-refractivity contribution in [1.82, 2.24) is 4.90 Å². The number of carbonyl (C=O) groups excluding carboxylic acids is 1. The summed E-state index contributed by atoms with van der Waals surface area (Å²) in [5.41, 5.74) is 2.01. The van der Waals surface area contributed by atoms with Gasteiger partial charge < -0.3 is 23.8 Å². The second-order valence-electron chi connectivity index (χ2n) is 7.68. The normalized spacial score (nSPS) is 20.3. The maximum atomic E-state index is 13.0. The molecule has 3 heterocycles. The van der Waals surface area contributed by atoms with Crippen LogP contribution in [0, 0.1) is 0 Å². The summed E-state index contributed by atoms with van der Waals surface area (Å²) < 4.78 is 22.7. The van der Waals surface area contributed by atoms with Crippen LogP contribution in [-0.2, 0) is 4.79 Å². The van der Waals surface area contributed by atoms with Crippen LogP contribution in [0.4, 0.5) is 0 Å². The summed E-state index contributed by atoms with van der Waals surface area (Å²) in [5.74, 6) is 3.04. The summed E-state index contributed by atoms with van der Waals surface area (Å²) in [7, 11) is 0. The number of rotatable bonds is 3. The molecular formula is C24H25NO5. The summed E-state index contributed by atoms with van der Waals surface area (Å²) in [6.07, 6.45) is 6.30. The molecule has 2 aromatic rings. The van der Waals surface area contributed by atoms with E-state index in [9.17, 15) is 4.79 Å². The molecule has 0 aromatic heterocycles. The van der Waals surface area contributed by atoms with Gasteiger partial charge in [0.1, 0.15) is 13.2 Å². The number of hydrogen-bond acceptors (Lipinski definition) is 5. The zero-order chi connectivity index (χ0) is 20.3. The van der Waals surface area contributed by atoms with E-state index in [1.165, 1.54) is 0 Å². The zero-order valence-corrected chi connectivity index (χ0v) is 16.8. The molecule has 6 nitrogen and oxygen atoms in total. The van der Waals surface area contributed by atoms with Crippen LogP contribution in [0.5, 0.6) is 23.0 Å². The van der Waals surface area contributed by atoms with Crippen molar-refractivity contribution in [3.05, 3.63) is 53.6 Å². The summed E-state index contributed by atoms with van der Waals surface area (Å²) in [4.78, 5) is 14.9. The average Bonchev–Trinajstić information content (AvgIpc) is 3.16. The van der Waals surface area contributed by atoms with E-state index in [0.29, 0.717) is 26.4 Å². The van der Waals surface area contributed by atoms with Crippen LogP contribution < -0.4 is 18.9 Å². The Hall–Kier alpha value is -3.15. The second-order valence-corrected chi connectivity index (χ2v) is 7.68. The minimum absolute atomic E-state index is 0.0134. The van der Waals surface area contributed by atoms with Gasteiger partial charge in [-0.3, -0.25) is 4.79 Å². The van der Waals surface area contributed by atoms with Gasteiger partial charge in [0.2, 0.25) is 5.91 Å². The fraction of sp³-hybridized carbons (Fsp3) is 0.375. The summed E-state index contributed by atoms with van der Waals surface area (Å²) in [6, 6.07) is 11.8. The van der Waals surface area contributed by atoms with Crippen LogP contribution in [0.15, 0.2) is 42.5 Å². The van der Waals surface area contributed by atoms with Crippen molar-refractivity contribution in [1.29, 1.82) is 0 Å². The first-order valence-electron chi connectivity index (χ1n) is 10.6. The van der Waals surface area contributed by atoms with E-state index in [1.54, 1.807) is 6.08 Å². The first kappa shape index (κ1) is 18.9. The Bertz CT molecular complexity index is 970. The molecular weight excluding hydrogens is 382 g/mol. The number of benzene rings is 2. The largest absolute Gasteiger partial charge is 0.490 e. The van der Waals surface area contributed by atoms with Gasteiger partial charge in [-0.25, -0.2) is 0 Å². The molecule has 3 aliphatic rings. The monoisotopic (exact) mass is 407 g/mol. The van der Waals surface area contributed by atoms with Gasteiger partial charge in [0.25, 0.3) is 0 Å². The quantitative estimate of drug-likeness (QED) is 0.720. The van der Waals surface area contributed by atoms with Crippen LogP contribution in [0.3, 0.4) is 0 Å². The Morgan fingerprint density at radius 3 is 2.40 bits per heavy atom. The minimum atomic E-state index is 0.0134. The highest BCUT2D eigenvalue weighted by molar-refractivity contribution is 5.92. The summed E-state index contributed by atoms with van der Waals surface area (Å²) >= 11 is 0. The standard InChI is InChI=1S/C24H25NO5/c26-24(9-5-17-4-7-20-22(15-17)30-14-13-29-20)25-10-1-3-19(25)18-6-8-21-23(16-18)28-12-2-11-27-21/h4-9,15-16,19H,1-3,10-14H2. The molecule has 3 aliphatic heterocycles. The summed E-state index contributed by atoms with van der Waals surface area (Å²) in [5, 5.41) is 0. The van der Waals surface area contributed by atoms with Gasteiger partial charge in [0.15, 0.2) is 23.0 Å². The Morgan fingerprint density at radius 1 is 0.833 bits per heavy atom. The Morgan fingerprint density at radius 2 is 1.53 bits per heavy atom. The van der Waals surface area contributed by atoms with Gasteiger partial charge in [-0.2, -0.15) is 0 Å². The van der Waals surface area contributed by atoms with Crippen molar-refractivity contribution in [2.24, 2.45) is 0 Å². The highest BCUT2D eigenvalue weighted by atomic mass is 16.6. The molecule has 1 amide bonds. The number of carbonyl (C=O) groups is 1. The number of ether oxygens (including phenoxy) is 4. The number of nitrogens with zero attached hydrogens (tertiary/aromatic N) is 1. The Balaban J connectivity index is 1.32. The Kier molecular flexibility index (Phi) is 5.22. The van der Waals surface area contributed by atoms with Gasteiger partial charge in [-0.1, -0.05) is 12.1 Å². The first-order chi connectivity index (χ1) is 14.8. The predicted octanol–water partition coefficient (Wildman–Crippen LogP) is 4.00. The zero-order valence-electron chi connectivity index (χ0n) is 16.8. The number of fused-ring (bicyclic) bond motifs is 2. The van der Waals surface area contributed by atoms with Crippen molar-refractivity contribution in [3.8, 4) is 23.0 Å². The highest BCUT2D eigenvalue weighted by Crippen LogP contribution is 2.38. The van der Waals surface area contributed by atoms with E-state index in [4.69, 9.17) is 18.9 Å². The van der Waals surface area contributed by atoms with Crippen LogP contribution in [0.1, 0.15) is 36.4 Å². The van der Waals surface area contributed by atoms with E-state index >= 15 is 0 Å². The van der Waals surface area contributed by atoms with Crippen molar-refractivity contribution >= 4 is 12.0 Å². The van der Waals surface area contributed by atoms with Crippen molar-refractivity contribution < 1.29 is 23.7 Å². The van der Waals surface area contributed by atoms with E-state index in [2.05, 4.69) is 0 Å². The van der Waals surface area contributed by atoms with E-state index in [0.717, 1.165) is 59.9 Å². The predicted molar refractivity (Wildman–Crippen MR) is 112 cm³/mol. The second kappa shape index (κ2) is 8.30. The molecule has 1 fully saturated rings. The molecule has 1 saturated heterocycles. The third-order valence-electron chi connectivity index (χ3n) is 5.68. The first-order valence-corrected chi connectivity index (χ1v) is 10.6. The van der Waals surface area contributed by atoms with Gasteiger partial charge in [0.05, 0.1) is 19.3 Å². The molecule has 5 rings (SSSR count). The third kappa shape index (κ3) is 3.82. The lowest BCUT2D eigenvalue weighted by atomic mass is 10.0. The van der Waals surface area contributed by atoms with Crippen LogP contribution in [0.2, 0.25) is 0 Å². The van der Waals surface area contributed by atoms with Gasteiger partial charge in [0, 0.05) is 19.0 Å². The Labute approximate surface area is 176 Å². The topological polar surface area (TPSA) is 57.2 Å². The molecule has 1 unspecified atom stereocenters. The summed E-state index contributed by atoms with van der Waals surface area (Å²) in [6.45, 7) is 3.19. The van der Waals surface area contributed by atoms with Crippen LogP contribution in [0.25, 0.3) is 6.08 Å².